The Morgan fingerprint density at radius 2 is 2.43 bits per heavy atom. The van der Waals surface area contributed by atoms with Gasteiger partial charge in [0.05, 0.1) is 10.3 Å². The molecule has 3 N–H and O–H groups in total. The van der Waals surface area contributed by atoms with Gasteiger partial charge in [-0.05, 0) is 24.5 Å². The largest absolute Gasteiger partial charge is 0.481 e. The third-order valence-electron chi connectivity index (χ3n) is 2.54. The summed E-state index contributed by atoms with van der Waals surface area (Å²) in [6.07, 6.45) is 0.687. The van der Waals surface area contributed by atoms with Gasteiger partial charge in [0.15, 0.2) is 0 Å². The lowest BCUT2D eigenvalue weighted by atomic mass is 10.1. The standard InChI is InChI=1S/C9H10ClNO2S/c10-7-2-1-6(14-7)8(11)4-3-5(4)9(12)13/h1-2,4-5,8H,3,11H2,(H,12,13). The van der Waals surface area contributed by atoms with E-state index in [1.54, 1.807) is 6.07 Å². The number of carboxylic acid groups (broad SMARTS) is 1. The van der Waals surface area contributed by atoms with Gasteiger partial charge >= 0.3 is 5.97 Å². The van der Waals surface area contributed by atoms with Crippen LogP contribution in [0.1, 0.15) is 17.3 Å². The minimum atomic E-state index is -0.742. The molecule has 0 saturated heterocycles. The maximum atomic E-state index is 10.6. The molecule has 1 aromatic heterocycles. The van der Waals surface area contributed by atoms with Gasteiger partial charge in [-0.25, -0.2) is 0 Å². The topological polar surface area (TPSA) is 63.3 Å². The summed E-state index contributed by atoms with van der Waals surface area (Å²) in [6, 6.07) is 3.49. The van der Waals surface area contributed by atoms with Gasteiger partial charge in [0.25, 0.3) is 0 Å². The molecule has 2 rings (SSSR count). The van der Waals surface area contributed by atoms with Gasteiger partial charge in [-0.2, -0.15) is 0 Å². The Kier molecular flexibility index (Phi) is 2.51. The first-order valence-electron chi connectivity index (χ1n) is 4.33. The molecule has 3 nitrogen and oxygen atoms in total. The molecule has 1 heterocycles. The van der Waals surface area contributed by atoms with Crippen LogP contribution < -0.4 is 5.73 Å². The summed E-state index contributed by atoms with van der Waals surface area (Å²) in [5.41, 5.74) is 5.93. The quantitative estimate of drug-likeness (QED) is 0.838. The molecule has 3 unspecified atom stereocenters. The molecule has 1 fully saturated rings. The van der Waals surface area contributed by atoms with Crippen LogP contribution in [0, 0.1) is 11.8 Å². The zero-order valence-electron chi connectivity index (χ0n) is 7.31. The Hall–Kier alpha value is -0.580. The highest BCUT2D eigenvalue weighted by atomic mass is 35.5. The second-order valence-corrected chi connectivity index (χ2v) is 5.26. The fourth-order valence-corrected chi connectivity index (χ4v) is 2.75. The molecule has 0 aliphatic heterocycles. The number of thiophene rings is 1. The maximum Gasteiger partial charge on any atom is 0.306 e. The van der Waals surface area contributed by atoms with E-state index >= 15 is 0 Å². The van der Waals surface area contributed by atoms with Crippen molar-refractivity contribution in [2.24, 2.45) is 17.6 Å². The van der Waals surface area contributed by atoms with E-state index in [1.807, 2.05) is 6.07 Å². The number of hydrogen-bond donors (Lipinski definition) is 2. The van der Waals surface area contributed by atoms with Crippen LogP contribution in [0.2, 0.25) is 4.34 Å². The summed E-state index contributed by atoms with van der Waals surface area (Å²) in [5.74, 6) is -0.916. The molecule has 1 aromatic rings. The summed E-state index contributed by atoms with van der Waals surface area (Å²) in [6.45, 7) is 0. The molecule has 1 saturated carbocycles. The molecule has 0 radical (unpaired) electrons. The first kappa shape index (κ1) is 9.96. The SMILES string of the molecule is NC(c1ccc(Cl)s1)C1CC1C(=O)O. The molecule has 0 aromatic carbocycles. The molecule has 1 aliphatic rings. The van der Waals surface area contributed by atoms with Gasteiger partial charge in [-0.15, -0.1) is 11.3 Å². The van der Waals surface area contributed by atoms with Crippen LogP contribution in [0.25, 0.3) is 0 Å². The normalized spacial score (nSPS) is 27.3. The monoisotopic (exact) mass is 231 g/mol. The Morgan fingerprint density at radius 3 is 2.86 bits per heavy atom. The van der Waals surface area contributed by atoms with Crippen LogP contribution in [0.15, 0.2) is 12.1 Å². The fraction of sp³-hybridized carbons (Fsp3) is 0.444. The molecule has 1 aliphatic carbocycles. The smallest absolute Gasteiger partial charge is 0.306 e. The molecular formula is C9H10ClNO2S. The number of carbonyl (C=O) groups is 1. The van der Waals surface area contributed by atoms with E-state index in [4.69, 9.17) is 22.4 Å². The Labute approximate surface area is 90.5 Å². The third-order valence-corrected chi connectivity index (χ3v) is 3.87. The second kappa shape index (κ2) is 3.53. The minimum absolute atomic E-state index is 0.0854. The average molecular weight is 232 g/mol. The highest BCUT2D eigenvalue weighted by molar-refractivity contribution is 7.16. The van der Waals surface area contributed by atoms with Crippen LogP contribution in [0.4, 0.5) is 0 Å². The highest BCUT2D eigenvalue weighted by Crippen LogP contribution is 2.47. The van der Waals surface area contributed by atoms with Crippen molar-refractivity contribution in [1.82, 2.24) is 0 Å². The van der Waals surface area contributed by atoms with Crippen LogP contribution in [-0.2, 0) is 4.79 Å². The van der Waals surface area contributed by atoms with Gasteiger partial charge in [0.1, 0.15) is 0 Å². The van der Waals surface area contributed by atoms with Crippen molar-refractivity contribution in [3.05, 3.63) is 21.3 Å². The number of rotatable bonds is 3. The Balaban J connectivity index is 2.04. The van der Waals surface area contributed by atoms with Crippen molar-refractivity contribution in [3.8, 4) is 0 Å². The van der Waals surface area contributed by atoms with Crippen molar-refractivity contribution in [2.45, 2.75) is 12.5 Å². The summed E-state index contributed by atoms with van der Waals surface area (Å²) >= 11 is 7.20. The molecule has 0 spiro atoms. The predicted molar refractivity (Wildman–Crippen MR) is 55.5 cm³/mol. The first-order chi connectivity index (χ1) is 6.59. The van der Waals surface area contributed by atoms with Crippen molar-refractivity contribution in [1.29, 1.82) is 0 Å². The molecule has 5 heteroatoms. The molecule has 0 bridgehead atoms. The van der Waals surface area contributed by atoms with Gasteiger partial charge in [-0.3, -0.25) is 4.79 Å². The molecule has 3 atom stereocenters. The number of carboxylic acids is 1. The van der Waals surface area contributed by atoms with Crippen molar-refractivity contribution < 1.29 is 9.90 Å². The van der Waals surface area contributed by atoms with E-state index in [2.05, 4.69) is 0 Å². The molecular weight excluding hydrogens is 222 g/mol. The van der Waals surface area contributed by atoms with Gasteiger partial charge in [-0.1, -0.05) is 11.6 Å². The van der Waals surface area contributed by atoms with Crippen molar-refractivity contribution in [2.75, 3.05) is 0 Å². The van der Waals surface area contributed by atoms with Crippen LogP contribution >= 0.6 is 22.9 Å². The van der Waals surface area contributed by atoms with Crippen molar-refractivity contribution >= 4 is 28.9 Å². The molecule has 0 amide bonds. The van der Waals surface area contributed by atoms with Crippen molar-refractivity contribution in [3.63, 3.8) is 0 Å². The van der Waals surface area contributed by atoms with E-state index in [9.17, 15) is 4.79 Å². The van der Waals surface area contributed by atoms with Crippen LogP contribution in [0.5, 0.6) is 0 Å². The Bertz CT molecular complexity index is 365. The third kappa shape index (κ3) is 1.78. The maximum absolute atomic E-state index is 10.6. The number of hydrogen-bond acceptors (Lipinski definition) is 3. The average Bonchev–Trinajstić information content (AvgIpc) is 2.82. The van der Waals surface area contributed by atoms with E-state index < -0.39 is 5.97 Å². The summed E-state index contributed by atoms with van der Waals surface area (Å²) in [4.78, 5) is 11.6. The number of aliphatic carboxylic acids is 1. The van der Waals surface area contributed by atoms with Gasteiger partial charge in [0.2, 0.25) is 0 Å². The molecule has 14 heavy (non-hydrogen) atoms. The number of nitrogens with two attached hydrogens (primary N) is 1. The summed E-state index contributed by atoms with van der Waals surface area (Å²) in [5, 5.41) is 8.75. The van der Waals surface area contributed by atoms with E-state index in [0.29, 0.717) is 10.8 Å². The summed E-state index contributed by atoms with van der Waals surface area (Å²) < 4.78 is 0.697. The van der Waals surface area contributed by atoms with E-state index in [1.165, 1.54) is 11.3 Å². The summed E-state index contributed by atoms with van der Waals surface area (Å²) in [7, 11) is 0. The lowest BCUT2D eigenvalue weighted by Crippen LogP contribution is -2.14. The lowest BCUT2D eigenvalue weighted by molar-refractivity contribution is -0.138. The predicted octanol–water partition coefficient (Wildman–Crippen LogP) is 2.12. The Morgan fingerprint density at radius 1 is 1.71 bits per heavy atom. The first-order valence-corrected chi connectivity index (χ1v) is 5.52. The zero-order valence-corrected chi connectivity index (χ0v) is 8.89. The van der Waals surface area contributed by atoms with Crippen LogP contribution in [0.3, 0.4) is 0 Å². The second-order valence-electron chi connectivity index (χ2n) is 3.51. The van der Waals surface area contributed by atoms with Crippen LogP contribution in [-0.4, -0.2) is 11.1 Å². The highest BCUT2D eigenvalue weighted by Gasteiger charge is 2.47. The van der Waals surface area contributed by atoms with E-state index in [-0.39, 0.29) is 17.9 Å². The number of halogens is 1. The van der Waals surface area contributed by atoms with E-state index in [0.717, 1.165) is 4.88 Å². The van der Waals surface area contributed by atoms with Gasteiger partial charge in [0, 0.05) is 10.9 Å². The minimum Gasteiger partial charge on any atom is -0.481 e. The molecule has 76 valence electrons. The zero-order chi connectivity index (χ0) is 10.3. The fourth-order valence-electron chi connectivity index (χ4n) is 1.61. The lowest BCUT2D eigenvalue weighted by Gasteiger charge is -2.06. The van der Waals surface area contributed by atoms with Gasteiger partial charge < -0.3 is 10.8 Å².